The maximum atomic E-state index is 11.0. The molecule has 6 heteroatoms. The van der Waals surface area contributed by atoms with Crippen molar-refractivity contribution in [2.45, 2.75) is 19.5 Å². The highest BCUT2D eigenvalue weighted by molar-refractivity contribution is 5.84. The average molecular weight is 227 g/mol. The number of aromatic carboxylic acids is 1. The summed E-state index contributed by atoms with van der Waals surface area (Å²) in [5.74, 6) is -1.17. The van der Waals surface area contributed by atoms with Crippen molar-refractivity contribution in [3.8, 4) is 0 Å². The van der Waals surface area contributed by atoms with Crippen LogP contribution >= 0.6 is 0 Å². The molecule has 88 valence electrons. The van der Waals surface area contributed by atoms with Crippen LogP contribution in [0.1, 0.15) is 23.2 Å². The second kappa shape index (κ2) is 5.32. The van der Waals surface area contributed by atoms with Crippen molar-refractivity contribution in [3.63, 3.8) is 0 Å². The maximum absolute atomic E-state index is 11.0. The fraction of sp³-hybridized carbons (Fsp3) is 0.400. The topological polar surface area (TPSA) is 88.8 Å². The van der Waals surface area contributed by atoms with Crippen molar-refractivity contribution >= 4 is 11.9 Å². The van der Waals surface area contributed by atoms with Crippen molar-refractivity contribution in [3.05, 3.63) is 23.7 Å². The van der Waals surface area contributed by atoms with Gasteiger partial charge in [-0.3, -0.25) is 10.1 Å². The van der Waals surface area contributed by atoms with E-state index in [9.17, 15) is 9.59 Å². The van der Waals surface area contributed by atoms with E-state index in [-0.39, 0.29) is 18.3 Å². The van der Waals surface area contributed by atoms with Crippen molar-refractivity contribution in [1.29, 1.82) is 0 Å². The van der Waals surface area contributed by atoms with Crippen LogP contribution in [0.3, 0.4) is 0 Å². The highest BCUT2D eigenvalue weighted by Crippen LogP contribution is 2.07. The summed E-state index contributed by atoms with van der Waals surface area (Å²) in [4.78, 5) is 21.6. The first-order chi connectivity index (χ1) is 7.54. The summed E-state index contributed by atoms with van der Waals surface area (Å²) in [5, 5.41) is 11.5. The molecule has 1 unspecified atom stereocenters. The number of nitrogens with one attached hydrogen (secondary N) is 1. The molecule has 0 bridgehead atoms. The van der Waals surface area contributed by atoms with E-state index < -0.39 is 12.0 Å². The first-order valence-corrected chi connectivity index (χ1v) is 4.67. The van der Waals surface area contributed by atoms with Gasteiger partial charge in [-0.25, -0.2) is 4.79 Å². The molecule has 0 saturated carbocycles. The number of carbonyl (C=O) groups is 2. The second-order valence-corrected chi connectivity index (χ2v) is 3.20. The van der Waals surface area contributed by atoms with Gasteiger partial charge in [0.05, 0.1) is 13.7 Å². The first kappa shape index (κ1) is 12.3. The SMILES string of the molecule is COC(=O)C(C)NCc1ccc(C(=O)O)o1. The van der Waals surface area contributed by atoms with Gasteiger partial charge in [0.15, 0.2) is 0 Å². The Labute approximate surface area is 92.2 Å². The van der Waals surface area contributed by atoms with Crippen LogP contribution < -0.4 is 5.32 Å². The molecule has 0 aromatic carbocycles. The molecular formula is C10H13NO5. The van der Waals surface area contributed by atoms with E-state index in [0.29, 0.717) is 5.76 Å². The first-order valence-electron chi connectivity index (χ1n) is 4.67. The Morgan fingerprint density at radius 1 is 1.56 bits per heavy atom. The lowest BCUT2D eigenvalue weighted by Crippen LogP contribution is -2.34. The van der Waals surface area contributed by atoms with Crippen LogP contribution in [0.4, 0.5) is 0 Å². The van der Waals surface area contributed by atoms with Crippen LogP contribution in [0.5, 0.6) is 0 Å². The number of carboxylic acids is 1. The van der Waals surface area contributed by atoms with Gasteiger partial charge in [0.2, 0.25) is 5.76 Å². The summed E-state index contributed by atoms with van der Waals surface area (Å²) < 4.78 is 9.51. The zero-order valence-electron chi connectivity index (χ0n) is 9.02. The molecule has 16 heavy (non-hydrogen) atoms. The number of methoxy groups -OCH3 is 1. The van der Waals surface area contributed by atoms with Gasteiger partial charge in [0.1, 0.15) is 11.8 Å². The van der Waals surface area contributed by atoms with Crippen molar-refractivity contribution in [2.75, 3.05) is 7.11 Å². The zero-order valence-corrected chi connectivity index (χ0v) is 9.02. The molecule has 0 saturated heterocycles. The van der Waals surface area contributed by atoms with Crippen LogP contribution in [-0.2, 0) is 16.1 Å². The summed E-state index contributed by atoms with van der Waals surface area (Å²) in [7, 11) is 1.30. The number of hydrogen-bond donors (Lipinski definition) is 2. The normalized spacial score (nSPS) is 12.1. The molecule has 1 heterocycles. The molecule has 0 aliphatic heterocycles. The quantitative estimate of drug-likeness (QED) is 0.717. The lowest BCUT2D eigenvalue weighted by molar-refractivity contribution is -0.142. The molecular weight excluding hydrogens is 214 g/mol. The Kier molecular flexibility index (Phi) is 4.07. The van der Waals surface area contributed by atoms with Crippen LogP contribution in [0, 0.1) is 0 Å². The Morgan fingerprint density at radius 3 is 2.75 bits per heavy atom. The molecule has 1 rings (SSSR count). The van der Waals surface area contributed by atoms with E-state index in [1.807, 2.05) is 0 Å². The number of furan rings is 1. The molecule has 1 aromatic heterocycles. The van der Waals surface area contributed by atoms with Gasteiger partial charge in [0, 0.05) is 0 Å². The lowest BCUT2D eigenvalue weighted by Gasteiger charge is -2.09. The average Bonchev–Trinajstić information content (AvgIpc) is 2.73. The molecule has 0 amide bonds. The van der Waals surface area contributed by atoms with E-state index in [2.05, 4.69) is 10.1 Å². The fourth-order valence-electron chi connectivity index (χ4n) is 1.10. The van der Waals surface area contributed by atoms with Crippen molar-refractivity contribution in [2.24, 2.45) is 0 Å². The summed E-state index contributed by atoms with van der Waals surface area (Å²) in [6.45, 7) is 1.91. The van der Waals surface area contributed by atoms with E-state index >= 15 is 0 Å². The maximum Gasteiger partial charge on any atom is 0.371 e. The number of ether oxygens (including phenoxy) is 1. The number of hydrogen-bond acceptors (Lipinski definition) is 5. The zero-order chi connectivity index (χ0) is 12.1. The standard InChI is InChI=1S/C10H13NO5/c1-6(10(14)15-2)11-5-7-3-4-8(16-7)9(12)13/h3-4,6,11H,5H2,1-2H3,(H,12,13). The van der Waals surface area contributed by atoms with E-state index in [4.69, 9.17) is 9.52 Å². The van der Waals surface area contributed by atoms with E-state index in [0.717, 1.165) is 0 Å². The summed E-state index contributed by atoms with van der Waals surface area (Å²) in [6.07, 6.45) is 0. The predicted molar refractivity (Wildman–Crippen MR) is 54.0 cm³/mol. The Hall–Kier alpha value is -1.82. The highest BCUT2D eigenvalue weighted by Gasteiger charge is 2.14. The monoisotopic (exact) mass is 227 g/mol. The smallest absolute Gasteiger partial charge is 0.371 e. The number of carbonyl (C=O) groups excluding carboxylic acids is 1. The van der Waals surface area contributed by atoms with Gasteiger partial charge in [-0.05, 0) is 19.1 Å². The number of rotatable bonds is 5. The minimum atomic E-state index is -1.12. The second-order valence-electron chi connectivity index (χ2n) is 3.20. The van der Waals surface area contributed by atoms with Gasteiger partial charge in [-0.2, -0.15) is 0 Å². The lowest BCUT2D eigenvalue weighted by atomic mass is 10.3. The third kappa shape index (κ3) is 3.09. The van der Waals surface area contributed by atoms with Crippen LogP contribution in [0.15, 0.2) is 16.5 Å². The third-order valence-electron chi connectivity index (χ3n) is 2.01. The summed E-state index contributed by atoms with van der Waals surface area (Å²) >= 11 is 0. The van der Waals surface area contributed by atoms with Crippen LogP contribution in [-0.4, -0.2) is 30.2 Å². The molecule has 0 radical (unpaired) electrons. The molecule has 1 aromatic rings. The van der Waals surface area contributed by atoms with Gasteiger partial charge in [-0.15, -0.1) is 0 Å². The molecule has 0 aliphatic carbocycles. The van der Waals surface area contributed by atoms with Gasteiger partial charge in [-0.1, -0.05) is 0 Å². The Morgan fingerprint density at radius 2 is 2.25 bits per heavy atom. The largest absolute Gasteiger partial charge is 0.475 e. The Balaban J connectivity index is 2.48. The van der Waals surface area contributed by atoms with Gasteiger partial charge in [0.25, 0.3) is 0 Å². The van der Waals surface area contributed by atoms with E-state index in [1.165, 1.54) is 13.2 Å². The molecule has 6 nitrogen and oxygen atoms in total. The minimum Gasteiger partial charge on any atom is -0.475 e. The Bertz CT molecular complexity index is 384. The fourth-order valence-corrected chi connectivity index (χ4v) is 1.10. The van der Waals surface area contributed by atoms with Gasteiger partial charge >= 0.3 is 11.9 Å². The van der Waals surface area contributed by atoms with Crippen LogP contribution in [0.25, 0.3) is 0 Å². The van der Waals surface area contributed by atoms with Gasteiger partial charge < -0.3 is 14.3 Å². The predicted octanol–water partition coefficient (Wildman–Crippen LogP) is 0.629. The minimum absolute atomic E-state index is 0.123. The molecule has 0 aliphatic rings. The third-order valence-corrected chi connectivity index (χ3v) is 2.01. The summed E-state index contributed by atoms with van der Waals surface area (Å²) in [5.41, 5.74) is 0. The summed E-state index contributed by atoms with van der Waals surface area (Å²) in [6, 6.07) is 2.44. The molecule has 0 spiro atoms. The van der Waals surface area contributed by atoms with Crippen LogP contribution in [0.2, 0.25) is 0 Å². The van der Waals surface area contributed by atoms with Crippen molar-refractivity contribution < 1.29 is 23.8 Å². The molecule has 2 N–H and O–H groups in total. The number of carboxylic acid groups (broad SMARTS) is 1. The number of esters is 1. The highest BCUT2D eigenvalue weighted by atomic mass is 16.5. The molecule has 0 fully saturated rings. The molecule has 1 atom stereocenters. The van der Waals surface area contributed by atoms with E-state index in [1.54, 1.807) is 13.0 Å². The van der Waals surface area contributed by atoms with Crippen molar-refractivity contribution in [1.82, 2.24) is 5.32 Å².